The molecule has 1 aliphatic rings. The Morgan fingerprint density at radius 2 is 1.89 bits per heavy atom. The van der Waals surface area contributed by atoms with Crippen molar-refractivity contribution in [2.24, 2.45) is 0 Å². The van der Waals surface area contributed by atoms with Gasteiger partial charge in [0.05, 0.1) is 23.4 Å². The fourth-order valence-corrected chi connectivity index (χ4v) is 3.96. The van der Waals surface area contributed by atoms with Gasteiger partial charge in [0, 0.05) is 32.2 Å². The monoisotopic (exact) mass is 391 g/mol. The van der Waals surface area contributed by atoms with Crippen LogP contribution in [0.25, 0.3) is 0 Å². The summed E-state index contributed by atoms with van der Waals surface area (Å²) in [5.41, 5.74) is 1.04. The average Bonchev–Trinajstić information content (AvgIpc) is 3.21. The Hall–Kier alpha value is -2.39. The van der Waals surface area contributed by atoms with Crippen molar-refractivity contribution in [3.63, 3.8) is 0 Å². The molecule has 0 aliphatic carbocycles. The van der Waals surface area contributed by atoms with E-state index in [0.29, 0.717) is 24.7 Å². The molecule has 1 aromatic carbocycles. The Labute approximate surface area is 160 Å². The van der Waals surface area contributed by atoms with Crippen LogP contribution in [0.5, 0.6) is 5.75 Å². The Balaban J connectivity index is 1.49. The Bertz CT molecular complexity index is 836. The lowest BCUT2D eigenvalue weighted by molar-refractivity contribution is 0.340. The number of hydrogen-bond donors (Lipinski definition) is 2. The molecular weight excluding hydrogens is 366 g/mol. The van der Waals surface area contributed by atoms with Crippen LogP contribution in [0, 0.1) is 0 Å². The summed E-state index contributed by atoms with van der Waals surface area (Å²) >= 11 is 0. The van der Waals surface area contributed by atoms with Gasteiger partial charge in [0.15, 0.2) is 5.82 Å². The first-order chi connectivity index (χ1) is 13.1. The number of anilines is 2. The normalized spacial score (nSPS) is 14.3. The van der Waals surface area contributed by atoms with Crippen LogP contribution in [-0.2, 0) is 10.0 Å². The summed E-state index contributed by atoms with van der Waals surface area (Å²) < 4.78 is 32.6. The highest BCUT2D eigenvalue weighted by Crippen LogP contribution is 2.20. The highest BCUT2D eigenvalue weighted by atomic mass is 32.2. The third-order valence-electron chi connectivity index (χ3n) is 4.28. The second-order valence-electron chi connectivity index (χ2n) is 6.22. The number of nitrogens with zero attached hydrogens (tertiary/aromatic N) is 3. The molecule has 0 amide bonds. The van der Waals surface area contributed by atoms with Crippen LogP contribution in [-0.4, -0.2) is 51.4 Å². The van der Waals surface area contributed by atoms with Gasteiger partial charge >= 0.3 is 0 Å². The second-order valence-corrected chi connectivity index (χ2v) is 7.99. The molecule has 1 aromatic heterocycles. The zero-order chi connectivity index (χ0) is 19.1. The minimum atomic E-state index is -3.56. The minimum Gasteiger partial charge on any atom is -0.494 e. The minimum absolute atomic E-state index is 0.210. The molecule has 2 aromatic rings. The molecule has 3 rings (SSSR count). The van der Waals surface area contributed by atoms with Crippen molar-refractivity contribution in [2.75, 3.05) is 43.0 Å². The summed E-state index contributed by atoms with van der Waals surface area (Å²) in [6, 6.07) is 8.31. The van der Waals surface area contributed by atoms with Crippen LogP contribution in [0.3, 0.4) is 0 Å². The molecule has 27 heavy (non-hydrogen) atoms. The maximum atomic E-state index is 12.3. The van der Waals surface area contributed by atoms with E-state index in [1.54, 1.807) is 18.3 Å². The van der Waals surface area contributed by atoms with Gasteiger partial charge in [-0.3, -0.25) is 0 Å². The molecule has 2 N–H and O–H groups in total. The van der Waals surface area contributed by atoms with Gasteiger partial charge in [-0.15, -0.1) is 5.10 Å². The maximum Gasteiger partial charge on any atom is 0.240 e. The van der Waals surface area contributed by atoms with Crippen LogP contribution in [0.4, 0.5) is 11.5 Å². The maximum absolute atomic E-state index is 12.3. The van der Waals surface area contributed by atoms with Crippen molar-refractivity contribution < 1.29 is 13.2 Å². The Kier molecular flexibility index (Phi) is 6.46. The van der Waals surface area contributed by atoms with Crippen LogP contribution < -0.4 is 19.7 Å². The first-order valence-corrected chi connectivity index (χ1v) is 10.6. The molecule has 2 heterocycles. The number of hydrogen-bond acceptors (Lipinski definition) is 7. The lowest BCUT2D eigenvalue weighted by atomic mass is 10.3. The van der Waals surface area contributed by atoms with Gasteiger partial charge in [-0.1, -0.05) is 0 Å². The smallest absolute Gasteiger partial charge is 0.240 e. The van der Waals surface area contributed by atoms with Crippen molar-refractivity contribution in [3.05, 3.63) is 36.5 Å². The molecule has 1 saturated heterocycles. The molecule has 1 aliphatic heterocycles. The molecule has 0 saturated carbocycles. The molecule has 0 radical (unpaired) electrons. The van der Waals surface area contributed by atoms with Gasteiger partial charge < -0.3 is 15.0 Å². The number of rotatable bonds is 9. The van der Waals surface area contributed by atoms with Crippen LogP contribution >= 0.6 is 0 Å². The SMILES string of the molecule is CCOc1ccc(S(=O)(=O)NCCNc2cc(N3CCCC3)cnn2)cc1. The number of nitrogens with one attached hydrogen (secondary N) is 2. The summed E-state index contributed by atoms with van der Waals surface area (Å²) in [6.45, 7) is 5.14. The molecule has 0 bridgehead atoms. The first kappa shape index (κ1) is 19.4. The molecule has 9 heteroatoms. The molecular formula is C18H25N5O3S. The van der Waals surface area contributed by atoms with Gasteiger partial charge in [0.2, 0.25) is 10.0 Å². The first-order valence-electron chi connectivity index (χ1n) is 9.12. The van der Waals surface area contributed by atoms with E-state index in [4.69, 9.17) is 4.74 Å². The van der Waals surface area contributed by atoms with Crippen molar-refractivity contribution in [3.8, 4) is 5.75 Å². The quantitative estimate of drug-likeness (QED) is 0.630. The summed E-state index contributed by atoms with van der Waals surface area (Å²) in [7, 11) is -3.56. The standard InChI is InChI=1S/C18H25N5O3S/c1-2-26-16-5-7-17(8-6-16)27(24,25)21-10-9-19-18-13-15(14-20-22-18)23-11-3-4-12-23/h5-8,13-14,21H,2-4,9-12H2,1H3,(H,19,22). The van der Waals surface area contributed by atoms with Crippen LogP contribution in [0.1, 0.15) is 19.8 Å². The molecule has 0 atom stereocenters. The van der Waals surface area contributed by atoms with Crippen molar-refractivity contribution in [2.45, 2.75) is 24.7 Å². The highest BCUT2D eigenvalue weighted by Gasteiger charge is 2.14. The predicted molar refractivity (Wildman–Crippen MR) is 105 cm³/mol. The second kappa shape index (κ2) is 9.01. The lowest BCUT2D eigenvalue weighted by Gasteiger charge is -2.17. The summed E-state index contributed by atoms with van der Waals surface area (Å²) in [5, 5.41) is 11.2. The van der Waals surface area contributed by atoms with Crippen molar-refractivity contribution in [1.29, 1.82) is 0 Å². The summed E-state index contributed by atoms with van der Waals surface area (Å²) in [4.78, 5) is 2.48. The van der Waals surface area contributed by atoms with E-state index in [1.165, 1.54) is 25.0 Å². The van der Waals surface area contributed by atoms with E-state index in [0.717, 1.165) is 18.8 Å². The van der Waals surface area contributed by atoms with Gasteiger partial charge in [-0.25, -0.2) is 13.1 Å². The molecule has 146 valence electrons. The van der Waals surface area contributed by atoms with E-state index in [-0.39, 0.29) is 11.4 Å². The van der Waals surface area contributed by atoms with Crippen molar-refractivity contribution in [1.82, 2.24) is 14.9 Å². The average molecular weight is 391 g/mol. The van der Waals surface area contributed by atoms with Gasteiger partial charge in [0.1, 0.15) is 5.75 Å². The molecule has 8 nitrogen and oxygen atoms in total. The van der Waals surface area contributed by atoms with Gasteiger partial charge in [0.25, 0.3) is 0 Å². The molecule has 0 spiro atoms. The van der Waals surface area contributed by atoms with E-state index >= 15 is 0 Å². The van der Waals surface area contributed by atoms with Crippen LogP contribution in [0.15, 0.2) is 41.4 Å². The predicted octanol–water partition coefficient (Wildman–Crippen LogP) is 1.87. The number of aromatic nitrogens is 2. The van der Waals surface area contributed by atoms with E-state index in [2.05, 4.69) is 25.1 Å². The topological polar surface area (TPSA) is 96.5 Å². The van der Waals surface area contributed by atoms with Crippen molar-refractivity contribution >= 4 is 21.5 Å². The number of benzene rings is 1. The van der Waals surface area contributed by atoms with Gasteiger partial charge in [-0.05, 0) is 44.0 Å². The van der Waals surface area contributed by atoms with E-state index in [1.807, 2.05) is 13.0 Å². The van der Waals surface area contributed by atoms with Crippen LogP contribution in [0.2, 0.25) is 0 Å². The third-order valence-corrected chi connectivity index (χ3v) is 5.76. The molecule has 1 fully saturated rings. The molecule has 0 unspecified atom stereocenters. The number of ether oxygens (including phenoxy) is 1. The summed E-state index contributed by atoms with van der Waals surface area (Å²) in [5.74, 6) is 1.29. The van der Waals surface area contributed by atoms with E-state index < -0.39 is 10.0 Å². The zero-order valence-electron chi connectivity index (χ0n) is 15.4. The van der Waals surface area contributed by atoms with E-state index in [9.17, 15) is 8.42 Å². The highest BCUT2D eigenvalue weighted by molar-refractivity contribution is 7.89. The fourth-order valence-electron chi connectivity index (χ4n) is 2.93. The zero-order valence-corrected chi connectivity index (χ0v) is 16.2. The third kappa shape index (κ3) is 5.30. The Morgan fingerprint density at radius 3 is 2.59 bits per heavy atom. The Morgan fingerprint density at radius 1 is 1.15 bits per heavy atom. The lowest BCUT2D eigenvalue weighted by Crippen LogP contribution is -2.29. The largest absolute Gasteiger partial charge is 0.494 e. The number of sulfonamides is 1. The van der Waals surface area contributed by atoms with Gasteiger partial charge in [-0.2, -0.15) is 5.10 Å². The summed E-state index contributed by atoms with van der Waals surface area (Å²) in [6.07, 6.45) is 4.14. The fraction of sp³-hybridized carbons (Fsp3) is 0.444.